The van der Waals surface area contributed by atoms with Crippen LogP contribution in [-0.4, -0.2) is 55.2 Å². The average molecular weight is 392 g/mol. The average Bonchev–Trinajstić information content (AvgIpc) is 3.13. The van der Waals surface area contributed by atoms with Crippen molar-refractivity contribution in [2.24, 2.45) is 5.92 Å². The summed E-state index contributed by atoms with van der Waals surface area (Å²) in [4.78, 5) is 25.6. The van der Waals surface area contributed by atoms with Gasteiger partial charge in [0.2, 0.25) is 15.9 Å². The van der Waals surface area contributed by atoms with Gasteiger partial charge in [0.25, 0.3) is 0 Å². The summed E-state index contributed by atoms with van der Waals surface area (Å²) in [5.74, 6) is -1.48. The highest BCUT2D eigenvalue weighted by Crippen LogP contribution is 2.39. The van der Waals surface area contributed by atoms with Crippen LogP contribution in [0.4, 0.5) is 5.69 Å². The first-order valence-corrected chi connectivity index (χ1v) is 11.0. The van der Waals surface area contributed by atoms with E-state index in [-0.39, 0.29) is 37.9 Å². The molecule has 0 radical (unpaired) electrons. The van der Waals surface area contributed by atoms with E-state index in [4.69, 9.17) is 0 Å². The maximum absolute atomic E-state index is 13.1. The summed E-state index contributed by atoms with van der Waals surface area (Å²) >= 11 is 0. The van der Waals surface area contributed by atoms with E-state index >= 15 is 0 Å². The number of carboxylic acid groups (broad SMARTS) is 1. The zero-order valence-electron chi connectivity index (χ0n) is 15.1. The van der Waals surface area contributed by atoms with Crippen molar-refractivity contribution >= 4 is 27.6 Å². The van der Waals surface area contributed by atoms with E-state index in [0.717, 1.165) is 25.7 Å². The molecule has 1 unspecified atom stereocenters. The number of fused-ring (bicyclic) bond motifs is 1. The van der Waals surface area contributed by atoms with Crippen LogP contribution in [0.3, 0.4) is 0 Å². The molecule has 3 aliphatic rings. The van der Waals surface area contributed by atoms with E-state index in [1.54, 1.807) is 29.2 Å². The van der Waals surface area contributed by atoms with E-state index in [0.29, 0.717) is 11.3 Å². The highest BCUT2D eigenvalue weighted by molar-refractivity contribution is 7.93. The Labute approximate surface area is 159 Å². The van der Waals surface area contributed by atoms with Gasteiger partial charge in [-0.3, -0.25) is 13.9 Å². The Morgan fingerprint density at radius 3 is 2.37 bits per heavy atom. The Morgan fingerprint density at radius 1 is 1.04 bits per heavy atom. The van der Waals surface area contributed by atoms with Crippen LogP contribution in [0.15, 0.2) is 24.3 Å². The first-order valence-electron chi connectivity index (χ1n) is 9.51. The van der Waals surface area contributed by atoms with Crippen LogP contribution < -0.4 is 4.31 Å². The van der Waals surface area contributed by atoms with Gasteiger partial charge in [0.1, 0.15) is 5.25 Å². The summed E-state index contributed by atoms with van der Waals surface area (Å²) in [6, 6.07) is 6.81. The molecule has 1 amide bonds. The van der Waals surface area contributed by atoms with Crippen LogP contribution in [0.5, 0.6) is 0 Å². The third kappa shape index (κ3) is 3.09. The Bertz CT molecular complexity index is 857. The zero-order valence-corrected chi connectivity index (χ0v) is 15.9. The molecule has 0 aromatic heterocycles. The van der Waals surface area contributed by atoms with Gasteiger partial charge < -0.3 is 10.0 Å². The monoisotopic (exact) mass is 392 g/mol. The number of hydrogen-bond acceptors (Lipinski definition) is 4. The Kier molecular flexibility index (Phi) is 4.61. The molecule has 1 aromatic rings. The normalized spacial score (nSPS) is 23.8. The Morgan fingerprint density at radius 2 is 1.70 bits per heavy atom. The molecule has 2 fully saturated rings. The van der Waals surface area contributed by atoms with Crippen LogP contribution in [0.1, 0.15) is 43.6 Å². The fraction of sp³-hybridized carbons (Fsp3) is 0.579. The second-order valence-electron chi connectivity index (χ2n) is 7.70. The van der Waals surface area contributed by atoms with Crippen LogP contribution in [0, 0.1) is 5.92 Å². The number of amides is 1. The number of rotatable bonds is 4. The molecule has 2 aliphatic heterocycles. The molecule has 1 N–H and O–H groups in total. The lowest BCUT2D eigenvalue weighted by Crippen LogP contribution is -2.61. The number of carbonyl (C=O) groups is 2. The smallest absolute Gasteiger partial charge is 0.311 e. The molecule has 2 heterocycles. The molecular weight excluding hydrogens is 368 g/mol. The molecule has 1 saturated heterocycles. The topological polar surface area (TPSA) is 95.0 Å². The standard InChI is InChI=1S/C19H24N2O5S/c22-18(13-5-1-2-6-13)20-11-14(12-20)27(25,26)21-10-9-16(19(23)24)15-7-3-4-8-17(15)21/h3-4,7-8,13-14,16H,1-2,5-6,9-12H2,(H,23,24). The lowest BCUT2D eigenvalue weighted by Gasteiger charge is -2.43. The van der Waals surface area contributed by atoms with Gasteiger partial charge in [-0.15, -0.1) is 0 Å². The SMILES string of the molecule is O=C(O)C1CCN(S(=O)(=O)C2CN(C(=O)C3CCCC3)C2)c2ccccc21. The quantitative estimate of drug-likeness (QED) is 0.843. The molecule has 1 aromatic carbocycles. The number of benzene rings is 1. The van der Waals surface area contributed by atoms with E-state index in [1.807, 2.05) is 0 Å². The second kappa shape index (κ2) is 6.82. The van der Waals surface area contributed by atoms with Crippen molar-refractivity contribution in [1.82, 2.24) is 4.90 Å². The van der Waals surface area contributed by atoms with Crippen molar-refractivity contribution in [2.45, 2.75) is 43.3 Å². The Hall–Kier alpha value is -2.09. The molecule has 4 rings (SSSR count). The minimum atomic E-state index is -3.63. The fourth-order valence-electron chi connectivity index (χ4n) is 4.47. The van der Waals surface area contributed by atoms with Gasteiger partial charge in [-0.1, -0.05) is 31.0 Å². The summed E-state index contributed by atoms with van der Waals surface area (Å²) < 4.78 is 27.6. The molecule has 146 valence electrons. The largest absolute Gasteiger partial charge is 0.481 e. The number of likely N-dealkylation sites (tertiary alicyclic amines) is 1. The molecular formula is C19H24N2O5S. The number of carboxylic acids is 1. The van der Waals surface area contributed by atoms with Crippen molar-refractivity contribution in [2.75, 3.05) is 23.9 Å². The van der Waals surface area contributed by atoms with Gasteiger partial charge in [-0.05, 0) is 30.9 Å². The highest BCUT2D eigenvalue weighted by atomic mass is 32.2. The second-order valence-corrected chi connectivity index (χ2v) is 9.84. The third-order valence-corrected chi connectivity index (χ3v) is 8.23. The lowest BCUT2D eigenvalue weighted by atomic mass is 9.91. The summed E-state index contributed by atoms with van der Waals surface area (Å²) in [6.07, 6.45) is 4.21. The van der Waals surface area contributed by atoms with Crippen molar-refractivity contribution in [1.29, 1.82) is 0 Å². The Balaban J connectivity index is 1.51. The number of hydrogen-bond donors (Lipinski definition) is 1. The van der Waals surface area contributed by atoms with Crippen LogP contribution in [-0.2, 0) is 19.6 Å². The predicted octanol–water partition coefficient (Wildman–Crippen LogP) is 1.80. The molecule has 27 heavy (non-hydrogen) atoms. The summed E-state index contributed by atoms with van der Waals surface area (Å²) in [5, 5.41) is 8.81. The van der Waals surface area contributed by atoms with E-state index in [1.165, 1.54) is 4.31 Å². The molecule has 7 nitrogen and oxygen atoms in total. The minimum Gasteiger partial charge on any atom is -0.481 e. The maximum Gasteiger partial charge on any atom is 0.311 e. The first kappa shape index (κ1) is 18.3. The van der Waals surface area contributed by atoms with E-state index in [9.17, 15) is 23.1 Å². The van der Waals surface area contributed by atoms with Crippen LogP contribution in [0.25, 0.3) is 0 Å². The highest BCUT2D eigenvalue weighted by Gasteiger charge is 2.46. The first-order chi connectivity index (χ1) is 12.9. The number of para-hydroxylation sites is 1. The summed E-state index contributed by atoms with van der Waals surface area (Å²) in [5.41, 5.74) is 0.995. The van der Waals surface area contributed by atoms with Crippen LogP contribution >= 0.6 is 0 Å². The van der Waals surface area contributed by atoms with Gasteiger partial charge in [0.05, 0.1) is 11.6 Å². The maximum atomic E-state index is 13.1. The van der Waals surface area contributed by atoms with Crippen LogP contribution in [0.2, 0.25) is 0 Å². The molecule has 1 aliphatic carbocycles. The summed E-state index contributed by atoms with van der Waals surface area (Å²) in [6.45, 7) is 0.626. The van der Waals surface area contributed by atoms with E-state index < -0.39 is 27.2 Å². The predicted molar refractivity (Wildman–Crippen MR) is 100 cm³/mol. The number of aliphatic carboxylic acids is 1. The van der Waals surface area contributed by atoms with Crippen molar-refractivity contribution in [3.63, 3.8) is 0 Å². The number of carbonyl (C=O) groups excluding carboxylic acids is 1. The van der Waals surface area contributed by atoms with Crippen molar-refractivity contribution < 1.29 is 23.1 Å². The van der Waals surface area contributed by atoms with Crippen molar-refractivity contribution in [3.8, 4) is 0 Å². The van der Waals surface area contributed by atoms with Gasteiger partial charge in [-0.25, -0.2) is 8.42 Å². The zero-order chi connectivity index (χ0) is 19.2. The minimum absolute atomic E-state index is 0.0562. The van der Waals surface area contributed by atoms with Gasteiger partial charge >= 0.3 is 5.97 Å². The molecule has 0 bridgehead atoms. The van der Waals surface area contributed by atoms with Gasteiger partial charge in [-0.2, -0.15) is 0 Å². The molecule has 1 atom stereocenters. The molecule has 8 heteroatoms. The molecule has 0 spiro atoms. The third-order valence-electron chi connectivity index (χ3n) is 6.09. The van der Waals surface area contributed by atoms with Gasteiger partial charge in [0, 0.05) is 25.6 Å². The van der Waals surface area contributed by atoms with E-state index in [2.05, 4.69) is 0 Å². The lowest BCUT2D eigenvalue weighted by molar-refractivity contribution is -0.139. The summed E-state index contributed by atoms with van der Waals surface area (Å²) in [7, 11) is -3.63. The molecule has 1 saturated carbocycles. The number of sulfonamides is 1. The number of nitrogens with zero attached hydrogens (tertiary/aromatic N) is 2. The van der Waals surface area contributed by atoms with Crippen molar-refractivity contribution in [3.05, 3.63) is 29.8 Å². The number of anilines is 1. The fourth-order valence-corrected chi connectivity index (χ4v) is 6.37. The van der Waals surface area contributed by atoms with Gasteiger partial charge in [0.15, 0.2) is 0 Å².